The van der Waals surface area contributed by atoms with Gasteiger partial charge in [-0.15, -0.1) is 11.8 Å². The fraction of sp³-hybridized carbons (Fsp3) is 0.103. The molecule has 0 heterocycles. The van der Waals surface area contributed by atoms with Crippen molar-refractivity contribution in [3.05, 3.63) is 148 Å². The number of anilines is 2. The summed E-state index contributed by atoms with van der Waals surface area (Å²) < 4.78 is 16.4. The molecule has 0 radical (unpaired) electrons. The van der Waals surface area contributed by atoms with E-state index in [0.717, 1.165) is 5.56 Å². The molecule has 0 bridgehead atoms. The highest BCUT2D eigenvalue weighted by atomic mass is 35.5. The third-order valence-electron chi connectivity index (χ3n) is 7.44. The number of nitrogens with one attached hydrogen (secondary N) is 3. The van der Waals surface area contributed by atoms with Crippen molar-refractivity contribution in [3.63, 3.8) is 0 Å². The summed E-state index contributed by atoms with van der Waals surface area (Å²) in [5.41, 5.74) is 2.37. The molecule has 0 spiro atoms. The number of rotatable bonds is 13. The van der Waals surface area contributed by atoms with Gasteiger partial charge in [0, 0.05) is 32.8 Å². The van der Waals surface area contributed by atoms with Crippen molar-refractivity contribution >= 4 is 70.1 Å². The Morgan fingerprint density at radius 3 is 2.04 bits per heavy atom. The largest absolute Gasteiger partial charge is 0.496 e. The van der Waals surface area contributed by atoms with Gasteiger partial charge in [0.05, 0.1) is 32.0 Å². The van der Waals surface area contributed by atoms with E-state index in [1.54, 1.807) is 78.9 Å². The number of ether oxygens (including phenoxy) is 3. The third-order valence-corrected chi connectivity index (χ3v) is 9.24. The fourth-order valence-electron chi connectivity index (χ4n) is 4.94. The second-order valence-corrected chi connectivity index (χ2v) is 12.9. The van der Waals surface area contributed by atoms with E-state index >= 15 is 0 Å². The molecule has 12 heteroatoms. The summed E-state index contributed by atoms with van der Waals surface area (Å²) in [6.45, 7) is 0. The van der Waals surface area contributed by atoms with Crippen molar-refractivity contribution in [3.8, 4) is 17.2 Å². The van der Waals surface area contributed by atoms with E-state index in [4.69, 9.17) is 37.4 Å². The average Bonchev–Trinajstić information content (AvgIpc) is 3.15. The molecule has 51 heavy (non-hydrogen) atoms. The van der Waals surface area contributed by atoms with Crippen LogP contribution in [0.15, 0.2) is 126 Å². The Hall–Kier alpha value is -5.42. The summed E-state index contributed by atoms with van der Waals surface area (Å²) in [4.78, 5) is 41.5. The molecule has 0 saturated heterocycles. The van der Waals surface area contributed by atoms with Gasteiger partial charge in [0.2, 0.25) is 5.91 Å². The smallest absolute Gasteiger partial charge is 0.272 e. The number of thioether (sulfide) groups is 1. The second-order valence-electron chi connectivity index (χ2n) is 10.8. The lowest BCUT2D eigenvalue weighted by atomic mass is 10.1. The molecular weight excluding hydrogens is 709 g/mol. The number of benzene rings is 5. The Kier molecular flexibility index (Phi) is 12.6. The first-order valence-corrected chi connectivity index (χ1v) is 17.1. The predicted octanol–water partition coefficient (Wildman–Crippen LogP) is 8.90. The summed E-state index contributed by atoms with van der Waals surface area (Å²) in [5, 5.41) is 8.61. The second kappa shape index (κ2) is 17.5. The van der Waals surface area contributed by atoms with Crippen LogP contribution in [0, 0.1) is 0 Å². The van der Waals surface area contributed by atoms with Gasteiger partial charge in [-0.05, 0) is 66.2 Å². The van der Waals surface area contributed by atoms with E-state index < -0.39 is 17.1 Å². The summed E-state index contributed by atoms with van der Waals surface area (Å²) in [6.07, 6.45) is 1.49. The standard InChI is InChI=1S/C39H33Cl2N3O6S/c1-48-33-23-35(50-3)34(49-2)20-26(33)19-32(44-37(45)25-13-8-5-9-14-25)38(46)42-28-15-10-16-29(22-28)51-36(24-11-6-4-7-12-24)39(47)43-31-18-17-27(40)21-30(31)41/h4-23,36H,1-3H3,(H,42,46)(H,43,47)(H,44,45)/b32-19+. The molecule has 0 saturated carbocycles. The van der Waals surface area contributed by atoms with Gasteiger partial charge in [0.25, 0.3) is 11.8 Å². The fourth-order valence-corrected chi connectivity index (χ4v) is 6.47. The van der Waals surface area contributed by atoms with Gasteiger partial charge in [0.1, 0.15) is 16.7 Å². The topological polar surface area (TPSA) is 115 Å². The van der Waals surface area contributed by atoms with Crippen LogP contribution in [0.3, 0.4) is 0 Å². The molecule has 1 unspecified atom stereocenters. The number of halogens is 2. The SMILES string of the molecule is COc1cc(OC)c(OC)cc1/C=C(/NC(=O)c1ccccc1)C(=O)Nc1cccc(SC(C(=O)Nc2ccc(Cl)cc2Cl)c2ccccc2)c1. The average molecular weight is 743 g/mol. The van der Waals surface area contributed by atoms with Crippen LogP contribution in [0.5, 0.6) is 17.2 Å². The van der Waals surface area contributed by atoms with E-state index in [-0.39, 0.29) is 11.6 Å². The molecule has 0 fully saturated rings. The van der Waals surface area contributed by atoms with Crippen LogP contribution in [-0.4, -0.2) is 39.1 Å². The molecule has 5 rings (SSSR count). The van der Waals surface area contributed by atoms with E-state index in [1.165, 1.54) is 39.2 Å². The van der Waals surface area contributed by atoms with Gasteiger partial charge in [-0.1, -0.05) is 77.8 Å². The number of hydrogen-bond donors (Lipinski definition) is 3. The van der Waals surface area contributed by atoms with Crippen molar-refractivity contribution in [2.24, 2.45) is 0 Å². The molecule has 0 aliphatic rings. The summed E-state index contributed by atoms with van der Waals surface area (Å²) in [7, 11) is 4.48. The van der Waals surface area contributed by atoms with Crippen LogP contribution in [0.2, 0.25) is 10.0 Å². The van der Waals surface area contributed by atoms with Crippen molar-refractivity contribution < 1.29 is 28.6 Å². The van der Waals surface area contributed by atoms with Gasteiger partial charge in [-0.2, -0.15) is 0 Å². The lowest BCUT2D eigenvalue weighted by molar-refractivity contribution is -0.116. The zero-order chi connectivity index (χ0) is 36.3. The molecule has 3 amide bonds. The van der Waals surface area contributed by atoms with Crippen molar-refractivity contribution in [2.45, 2.75) is 10.1 Å². The van der Waals surface area contributed by atoms with Crippen LogP contribution >= 0.6 is 35.0 Å². The molecule has 0 aliphatic carbocycles. The van der Waals surface area contributed by atoms with Gasteiger partial charge >= 0.3 is 0 Å². The maximum atomic E-state index is 13.9. The highest BCUT2D eigenvalue weighted by Crippen LogP contribution is 2.39. The molecule has 0 aliphatic heterocycles. The number of methoxy groups -OCH3 is 3. The number of hydrogen-bond acceptors (Lipinski definition) is 7. The van der Waals surface area contributed by atoms with Gasteiger partial charge in [-0.25, -0.2) is 0 Å². The minimum Gasteiger partial charge on any atom is -0.496 e. The minimum atomic E-state index is -0.679. The Bertz CT molecular complexity index is 2060. The maximum absolute atomic E-state index is 13.9. The molecule has 260 valence electrons. The van der Waals surface area contributed by atoms with Gasteiger partial charge in [0.15, 0.2) is 11.5 Å². The highest BCUT2D eigenvalue weighted by Gasteiger charge is 2.24. The zero-order valence-electron chi connectivity index (χ0n) is 27.7. The quantitative estimate of drug-likeness (QED) is 0.0816. The Morgan fingerprint density at radius 1 is 0.706 bits per heavy atom. The summed E-state index contributed by atoms with van der Waals surface area (Å²) in [5.74, 6) is -0.179. The van der Waals surface area contributed by atoms with E-state index in [2.05, 4.69) is 16.0 Å². The third kappa shape index (κ3) is 9.64. The Labute approximate surface area is 309 Å². The van der Waals surface area contributed by atoms with Crippen LogP contribution in [0.25, 0.3) is 6.08 Å². The maximum Gasteiger partial charge on any atom is 0.272 e. The van der Waals surface area contributed by atoms with Gasteiger partial charge < -0.3 is 30.2 Å². The number of amides is 3. The summed E-state index contributed by atoms with van der Waals surface area (Å²) >= 11 is 13.7. The van der Waals surface area contributed by atoms with E-state index in [0.29, 0.717) is 54.7 Å². The first-order chi connectivity index (χ1) is 24.7. The molecule has 1 atom stereocenters. The number of carbonyl (C=O) groups excluding carboxylic acids is 3. The number of carbonyl (C=O) groups is 3. The summed E-state index contributed by atoms with van der Waals surface area (Å²) in [6, 6.07) is 33.0. The zero-order valence-corrected chi connectivity index (χ0v) is 30.1. The highest BCUT2D eigenvalue weighted by molar-refractivity contribution is 8.00. The van der Waals surface area contributed by atoms with Crippen LogP contribution < -0.4 is 30.2 Å². The normalized spacial score (nSPS) is 11.6. The molecule has 5 aromatic carbocycles. The van der Waals surface area contributed by atoms with Crippen molar-refractivity contribution in [2.75, 3.05) is 32.0 Å². The first-order valence-electron chi connectivity index (χ1n) is 15.5. The van der Waals surface area contributed by atoms with Crippen LogP contribution in [0.1, 0.15) is 26.7 Å². The van der Waals surface area contributed by atoms with Gasteiger partial charge in [-0.3, -0.25) is 14.4 Å². The molecule has 9 nitrogen and oxygen atoms in total. The molecule has 3 N–H and O–H groups in total. The van der Waals surface area contributed by atoms with E-state index in [9.17, 15) is 14.4 Å². The molecule has 5 aromatic rings. The molecular formula is C39H33Cl2N3O6S. The predicted molar refractivity (Wildman–Crippen MR) is 203 cm³/mol. The van der Waals surface area contributed by atoms with E-state index in [1.807, 2.05) is 36.4 Å². The Morgan fingerprint density at radius 2 is 1.37 bits per heavy atom. The first kappa shape index (κ1) is 36.9. The monoisotopic (exact) mass is 741 g/mol. The lowest BCUT2D eigenvalue weighted by Gasteiger charge is -2.18. The van der Waals surface area contributed by atoms with Crippen LogP contribution in [-0.2, 0) is 9.59 Å². The van der Waals surface area contributed by atoms with Crippen LogP contribution in [0.4, 0.5) is 11.4 Å². The minimum absolute atomic E-state index is 0.0613. The van der Waals surface area contributed by atoms with Crippen molar-refractivity contribution in [1.82, 2.24) is 5.32 Å². The molecule has 0 aromatic heterocycles. The Balaban J connectivity index is 1.44. The van der Waals surface area contributed by atoms with Crippen molar-refractivity contribution in [1.29, 1.82) is 0 Å². The lowest BCUT2D eigenvalue weighted by Crippen LogP contribution is -2.30.